The summed E-state index contributed by atoms with van der Waals surface area (Å²) >= 11 is 0. The molecule has 0 saturated heterocycles. The Kier molecular flexibility index (Phi) is 26.2. The second-order valence-corrected chi connectivity index (χ2v) is 14.8. The first-order valence-corrected chi connectivity index (χ1v) is 20.5. The maximum atomic E-state index is 12.7. The van der Waals surface area contributed by atoms with Gasteiger partial charge in [0.15, 0.2) is 6.10 Å². The monoisotopic (exact) mass is 738 g/mol. The molecule has 0 radical (unpaired) electrons. The first-order valence-electron chi connectivity index (χ1n) is 19.0. The standard InChI is InChI=1S/C36H67O13P/c1-3-5-7-9-10-11-12-13-14-15-16-17-18-19-21-23-25-30(38)48-28(26-46-29(37)24-22-20-8-6-4-2)27-47-50(44,45)49-36-34(42)32(40)31(39)33(41)35(36)43/h14-15,28,31-36,39-43H,3-13,16-27H2,1-2H3,(H,44,45)/b15-14-. The van der Waals surface area contributed by atoms with E-state index in [1.807, 2.05) is 0 Å². The molecule has 294 valence electrons. The predicted molar refractivity (Wildman–Crippen MR) is 189 cm³/mol. The zero-order valence-corrected chi connectivity index (χ0v) is 31.3. The lowest BCUT2D eigenvalue weighted by molar-refractivity contribution is -0.220. The summed E-state index contributed by atoms with van der Waals surface area (Å²) in [5.41, 5.74) is 0. The van der Waals surface area contributed by atoms with Gasteiger partial charge in [0.1, 0.15) is 43.2 Å². The highest BCUT2D eigenvalue weighted by atomic mass is 31.2. The van der Waals surface area contributed by atoms with Crippen LogP contribution in [0.15, 0.2) is 12.2 Å². The number of carbonyl (C=O) groups excluding carboxylic acids is 2. The Balaban J connectivity index is 2.48. The molecule has 0 aromatic rings. The van der Waals surface area contributed by atoms with E-state index in [9.17, 15) is 44.6 Å². The van der Waals surface area contributed by atoms with Gasteiger partial charge in [-0.1, -0.05) is 109 Å². The van der Waals surface area contributed by atoms with Crippen LogP contribution >= 0.6 is 7.82 Å². The van der Waals surface area contributed by atoms with Gasteiger partial charge < -0.3 is 39.9 Å². The van der Waals surface area contributed by atoms with E-state index in [-0.39, 0.29) is 12.8 Å². The van der Waals surface area contributed by atoms with E-state index >= 15 is 0 Å². The van der Waals surface area contributed by atoms with Crippen LogP contribution in [0.1, 0.15) is 149 Å². The molecule has 0 amide bonds. The fourth-order valence-corrected chi connectivity index (χ4v) is 6.66. The number of allylic oxidation sites excluding steroid dienone is 2. The first-order chi connectivity index (χ1) is 23.9. The van der Waals surface area contributed by atoms with E-state index in [0.717, 1.165) is 64.2 Å². The number of esters is 2. The van der Waals surface area contributed by atoms with Crippen LogP contribution in [0, 0.1) is 0 Å². The molecule has 0 aromatic carbocycles. The summed E-state index contributed by atoms with van der Waals surface area (Å²) in [7, 11) is -5.10. The molecule has 0 spiro atoms. The Bertz CT molecular complexity index is 948. The molecular weight excluding hydrogens is 671 g/mol. The molecule has 50 heavy (non-hydrogen) atoms. The van der Waals surface area contributed by atoms with Gasteiger partial charge in [-0.2, -0.15) is 0 Å². The normalized spacial score (nSPS) is 24.2. The summed E-state index contributed by atoms with van der Waals surface area (Å²) in [6.45, 7) is 3.14. The third-order valence-electron chi connectivity index (χ3n) is 8.86. The lowest BCUT2D eigenvalue weighted by atomic mass is 9.85. The van der Waals surface area contributed by atoms with E-state index < -0.39 is 75.7 Å². The summed E-state index contributed by atoms with van der Waals surface area (Å²) in [5.74, 6) is -1.12. The zero-order valence-electron chi connectivity index (χ0n) is 30.4. The molecule has 14 heteroatoms. The van der Waals surface area contributed by atoms with Crippen LogP contribution in [-0.2, 0) is 32.7 Å². The average molecular weight is 739 g/mol. The van der Waals surface area contributed by atoms with E-state index in [4.69, 9.17) is 18.5 Å². The van der Waals surface area contributed by atoms with Crippen molar-refractivity contribution in [2.45, 2.75) is 191 Å². The molecule has 1 rings (SSSR count). The highest BCUT2D eigenvalue weighted by molar-refractivity contribution is 7.47. The molecule has 13 nitrogen and oxygen atoms in total. The molecule has 0 aromatic heterocycles. The van der Waals surface area contributed by atoms with Crippen LogP contribution in [0.5, 0.6) is 0 Å². The van der Waals surface area contributed by atoms with E-state index in [1.54, 1.807) is 0 Å². The number of phosphoric acid groups is 1. The maximum Gasteiger partial charge on any atom is 0.472 e. The summed E-state index contributed by atoms with van der Waals surface area (Å²) in [5, 5.41) is 49.7. The average Bonchev–Trinajstić information content (AvgIpc) is 3.09. The van der Waals surface area contributed by atoms with Crippen LogP contribution in [-0.4, -0.2) is 98.3 Å². The summed E-state index contributed by atoms with van der Waals surface area (Å²) in [6.07, 6.45) is 12.1. The maximum absolute atomic E-state index is 12.7. The minimum Gasteiger partial charge on any atom is -0.462 e. The molecule has 1 aliphatic rings. The first kappa shape index (κ1) is 46.6. The van der Waals surface area contributed by atoms with Gasteiger partial charge in [-0.05, 0) is 38.5 Å². The van der Waals surface area contributed by atoms with Gasteiger partial charge in [-0.15, -0.1) is 0 Å². The number of unbranched alkanes of at least 4 members (excludes halogenated alkanes) is 16. The van der Waals surface area contributed by atoms with Crippen molar-refractivity contribution < 1.29 is 63.1 Å². The van der Waals surface area contributed by atoms with Gasteiger partial charge in [0, 0.05) is 12.8 Å². The number of aliphatic hydroxyl groups is 5. The molecular formula is C36H67O13P. The highest BCUT2D eigenvalue weighted by Gasteiger charge is 2.51. The van der Waals surface area contributed by atoms with E-state index in [2.05, 4.69) is 26.0 Å². The molecule has 0 bridgehead atoms. The lowest BCUT2D eigenvalue weighted by Crippen LogP contribution is -2.64. The van der Waals surface area contributed by atoms with Crippen molar-refractivity contribution in [2.75, 3.05) is 13.2 Å². The Morgan fingerprint density at radius 1 is 0.600 bits per heavy atom. The molecule has 0 aliphatic heterocycles. The molecule has 0 heterocycles. The second-order valence-electron chi connectivity index (χ2n) is 13.4. The van der Waals surface area contributed by atoms with Gasteiger partial charge in [0.2, 0.25) is 0 Å². The second kappa shape index (κ2) is 28.1. The SMILES string of the molecule is CCCCCCCCC/C=C\CCCCCCCC(=O)OC(COC(=O)CCCCCCC)COP(=O)(O)OC1C(O)C(O)C(O)C(O)C1O. The Morgan fingerprint density at radius 2 is 1.02 bits per heavy atom. The van der Waals surface area contributed by atoms with Crippen molar-refractivity contribution in [3.63, 3.8) is 0 Å². The summed E-state index contributed by atoms with van der Waals surface area (Å²) < 4.78 is 33.1. The molecule has 6 unspecified atom stereocenters. The van der Waals surface area contributed by atoms with Crippen molar-refractivity contribution in [2.24, 2.45) is 0 Å². The number of ether oxygens (including phenoxy) is 2. The molecule has 6 atom stereocenters. The van der Waals surface area contributed by atoms with Gasteiger partial charge in [0.05, 0.1) is 6.61 Å². The molecule has 1 fully saturated rings. The minimum atomic E-state index is -5.10. The van der Waals surface area contributed by atoms with Crippen LogP contribution in [0.2, 0.25) is 0 Å². The van der Waals surface area contributed by atoms with Crippen LogP contribution in [0.3, 0.4) is 0 Å². The Morgan fingerprint density at radius 3 is 1.52 bits per heavy atom. The van der Waals surface area contributed by atoms with Crippen LogP contribution in [0.25, 0.3) is 0 Å². The lowest BCUT2D eigenvalue weighted by Gasteiger charge is -2.41. The fraction of sp³-hybridized carbons (Fsp3) is 0.889. The number of aliphatic hydroxyl groups excluding tert-OH is 5. The van der Waals surface area contributed by atoms with Gasteiger partial charge in [-0.3, -0.25) is 18.6 Å². The molecule has 1 aliphatic carbocycles. The van der Waals surface area contributed by atoms with Crippen molar-refractivity contribution in [1.29, 1.82) is 0 Å². The molecule has 6 N–H and O–H groups in total. The van der Waals surface area contributed by atoms with Crippen molar-refractivity contribution >= 4 is 19.8 Å². The third kappa shape index (κ3) is 21.2. The smallest absolute Gasteiger partial charge is 0.462 e. The van der Waals surface area contributed by atoms with Crippen molar-refractivity contribution in [3.05, 3.63) is 12.2 Å². The van der Waals surface area contributed by atoms with Gasteiger partial charge in [0.25, 0.3) is 0 Å². The predicted octanol–water partition coefficient (Wildman–Crippen LogP) is 5.55. The quantitative estimate of drug-likeness (QED) is 0.0231. The topological polar surface area (TPSA) is 210 Å². The van der Waals surface area contributed by atoms with Gasteiger partial charge >= 0.3 is 19.8 Å². The number of rotatable bonds is 30. The van der Waals surface area contributed by atoms with Crippen LogP contribution < -0.4 is 0 Å². The van der Waals surface area contributed by atoms with Crippen LogP contribution in [0.4, 0.5) is 0 Å². The minimum absolute atomic E-state index is 0.0894. The van der Waals surface area contributed by atoms with E-state index in [0.29, 0.717) is 12.8 Å². The van der Waals surface area contributed by atoms with E-state index in [1.165, 1.54) is 44.9 Å². The third-order valence-corrected chi connectivity index (χ3v) is 9.84. The summed E-state index contributed by atoms with van der Waals surface area (Å²) in [6, 6.07) is 0. The van der Waals surface area contributed by atoms with Crippen molar-refractivity contribution in [1.82, 2.24) is 0 Å². The number of carbonyl (C=O) groups is 2. The zero-order chi connectivity index (χ0) is 37.2. The number of hydrogen-bond donors (Lipinski definition) is 6. The fourth-order valence-electron chi connectivity index (χ4n) is 5.69. The summed E-state index contributed by atoms with van der Waals surface area (Å²) in [4.78, 5) is 35.1. The highest BCUT2D eigenvalue weighted by Crippen LogP contribution is 2.47. The largest absolute Gasteiger partial charge is 0.472 e. The number of phosphoric ester groups is 1. The van der Waals surface area contributed by atoms with Gasteiger partial charge in [-0.25, -0.2) is 4.57 Å². The number of hydrogen-bond acceptors (Lipinski definition) is 12. The molecule has 1 saturated carbocycles. The Hall–Kier alpha value is -1.41. The Labute approximate surface area is 299 Å². The van der Waals surface area contributed by atoms with Crippen molar-refractivity contribution in [3.8, 4) is 0 Å².